The highest BCUT2D eigenvalue weighted by atomic mass is 127. The van der Waals surface area contributed by atoms with E-state index in [1.54, 1.807) is 7.05 Å². The summed E-state index contributed by atoms with van der Waals surface area (Å²) in [6.07, 6.45) is 2.37. The largest absolute Gasteiger partial charge is 0.347 e. The fourth-order valence-corrected chi connectivity index (χ4v) is 2.70. The van der Waals surface area contributed by atoms with Crippen LogP contribution in [-0.2, 0) is 4.79 Å². The number of likely N-dealkylation sites (tertiary alicyclic amines) is 1. The van der Waals surface area contributed by atoms with Crippen LogP contribution in [0.5, 0.6) is 0 Å². The van der Waals surface area contributed by atoms with Crippen LogP contribution in [0.3, 0.4) is 0 Å². The Balaban J connectivity index is 0.00000242. The summed E-state index contributed by atoms with van der Waals surface area (Å²) >= 11 is 3.41. The van der Waals surface area contributed by atoms with E-state index < -0.39 is 0 Å². The van der Waals surface area contributed by atoms with Crippen LogP contribution in [0.2, 0.25) is 0 Å². The molecular formula is C15H22BrIN4O. The molecule has 5 nitrogen and oxygen atoms in total. The van der Waals surface area contributed by atoms with Gasteiger partial charge in [-0.25, -0.2) is 0 Å². The number of aliphatic imine (C=N–C) groups is 1. The van der Waals surface area contributed by atoms with Crippen molar-refractivity contribution in [1.29, 1.82) is 0 Å². The van der Waals surface area contributed by atoms with Gasteiger partial charge in [0, 0.05) is 30.3 Å². The molecule has 0 bridgehead atoms. The van der Waals surface area contributed by atoms with E-state index >= 15 is 0 Å². The molecule has 0 aromatic heterocycles. The summed E-state index contributed by atoms with van der Waals surface area (Å²) in [5.74, 6) is 0.727. The molecule has 0 atom stereocenters. The molecule has 1 heterocycles. The van der Waals surface area contributed by atoms with Crippen molar-refractivity contribution in [3.63, 3.8) is 0 Å². The number of hydrogen-bond acceptors (Lipinski definition) is 2. The molecule has 122 valence electrons. The van der Waals surface area contributed by atoms with E-state index in [1.165, 1.54) is 12.8 Å². The van der Waals surface area contributed by atoms with Crippen LogP contribution < -0.4 is 10.6 Å². The maximum atomic E-state index is 12.0. The van der Waals surface area contributed by atoms with E-state index in [1.807, 2.05) is 25.1 Å². The van der Waals surface area contributed by atoms with Gasteiger partial charge < -0.3 is 15.5 Å². The highest BCUT2D eigenvalue weighted by Gasteiger charge is 2.16. The molecular weight excluding hydrogens is 459 g/mol. The minimum absolute atomic E-state index is 0. The molecule has 1 amide bonds. The third-order valence-electron chi connectivity index (χ3n) is 3.50. The summed E-state index contributed by atoms with van der Waals surface area (Å²) in [6, 6.07) is 5.83. The van der Waals surface area contributed by atoms with Gasteiger partial charge in [0.25, 0.3) is 0 Å². The average molecular weight is 481 g/mol. The van der Waals surface area contributed by atoms with E-state index in [2.05, 4.69) is 36.5 Å². The summed E-state index contributed by atoms with van der Waals surface area (Å²) in [6.45, 7) is 4.20. The molecule has 0 spiro atoms. The standard InChI is InChI=1S/C15H21BrN4O.HI/c1-11-5-6-12(16)9-13(11)19-14(21)10-18-15(17-2)20-7-3-4-8-20;/h5-6,9H,3-4,7-8,10H2,1-2H3,(H,17,18)(H,19,21);1H. The fourth-order valence-electron chi connectivity index (χ4n) is 2.34. The SMILES string of the molecule is CN=C(NCC(=O)Nc1cc(Br)ccc1C)N1CCCC1.I. The first-order chi connectivity index (χ1) is 10.1. The van der Waals surface area contributed by atoms with Crippen LogP contribution in [0.25, 0.3) is 0 Å². The van der Waals surface area contributed by atoms with Crippen LogP contribution in [0.15, 0.2) is 27.7 Å². The van der Waals surface area contributed by atoms with Crippen molar-refractivity contribution in [3.8, 4) is 0 Å². The minimum atomic E-state index is -0.0726. The monoisotopic (exact) mass is 480 g/mol. The van der Waals surface area contributed by atoms with Crippen molar-refractivity contribution < 1.29 is 4.79 Å². The zero-order valence-corrected chi connectivity index (χ0v) is 16.8. The van der Waals surface area contributed by atoms with Crippen LogP contribution in [0.4, 0.5) is 5.69 Å². The van der Waals surface area contributed by atoms with Crippen LogP contribution in [-0.4, -0.2) is 43.4 Å². The van der Waals surface area contributed by atoms with Gasteiger partial charge in [-0.05, 0) is 37.5 Å². The minimum Gasteiger partial charge on any atom is -0.347 e. The Morgan fingerprint density at radius 1 is 1.36 bits per heavy atom. The Morgan fingerprint density at radius 2 is 2.05 bits per heavy atom. The first-order valence-electron chi connectivity index (χ1n) is 7.12. The van der Waals surface area contributed by atoms with E-state index in [0.29, 0.717) is 0 Å². The second kappa shape index (κ2) is 9.34. The highest BCUT2D eigenvalue weighted by Crippen LogP contribution is 2.20. The lowest BCUT2D eigenvalue weighted by molar-refractivity contribution is -0.115. The lowest BCUT2D eigenvalue weighted by Crippen LogP contribution is -2.43. The second-order valence-corrected chi connectivity index (χ2v) is 6.02. The number of hydrogen-bond donors (Lipinski definition) is 2. The maximum Gasteiger partial charge on any atom is 0.243 e. The number of carbonyl (C=O) groups is 1. The van der Waals surface area contributed by atoms with Gasteiger partial charge in [-0.1, -0.05) is 22.0 Å². The van der Waals surface area contributed by atoms with Crippen molar-refractivity contribution >= 4 is 57.5 Å². The zero-order valence-electron chi connectivity index (χ0n) is 12.9. The van der Waals surface area contributed by atoms with Gasteiger partial charge in [0.15, 0.2) is 5.96 Å². The molecule has 1 aromatic rings. The molecule has 22 heavy (non-hydrogen) atoms. The maximum absolute atomic E-state index is 12.0. The average Bonchev–Trinajstić information content (AvgIpc) is 2.98. The van der Waals surface area contributed by atoms with Gasteiger partial charge in [0.1, 0.15) is 0 Å². The first-order valence-corrected chi connectivity index (χ1v) is 7.91. The van der Waals surface area contributed by atoms with Gasteiger partial charge in [-0.3, -0.25) is 9.79 Å². The lowest BCUT2D eigenvalue weighted by atomic mass is 10.2. The van der Waals surface area contributed by atoms with Crippen LogP contribution in [0.1, 0.15) is 18.4 Å². The molecule has 2 N–H and O–H groups in total. The molecule has 1 aliphatic heterocycles. The molecule has 1 saturated heterocycles. The quantitative estimate of drug-likeness (QED) is 0.397. The molecule has 1 fully saturated rings. The smallest absolute Gasteiger partial charge is 0.243 e. The van der Waals surface area contributed by atoms with Crippen molar-refractivity contribution in [2.75, 3.05) is 32.0 Å². The van der Waals surface area contributed by atoms with E-state index in [4.69, 9.17) is 0 Å². The number of aryl methyl sites for hydroxylation is 1. The Morgan fingerprint density at radius 3 is 2.68 bits per heavy atom. The molecule has 0 aliphatic carbocycles. The van der Waals surface area contributed by atoms with Crippen LogP contribution in [0, 0.1) is 6.92 Å². The van der Waals surface area contributed by atoms with Crippen molar-refractivity contribution in [2.24, 2.45) is 4.99 Å². The summed E-state index contributed by atoms with van der Waals surface area (Å²) in [4.78, 5) is 18.5. The number of nitrogens with zero attached hydrogens (tertiary/aromatic N) is 2. The van der Waals surface area contributed by atoms with E-state index in [0.717, 1.165) is 34.8 Å². The van der Waals surface area contributed by atoms with Gasteiger partial charge >= 0.3 is 0 Å². The third-order valence-corrected chi connectivity index (χ3v) is 3.99. The third kappa shape index (κ3) is 5.42. The van der Waals surface area contributed by atoms with Crippen LogP contribution >= 0.6 is 39.9 Å². The van der Waals surface area contributed by atoms with Crippen molar-refractivity contribution in [3.05, 3.63) is 28.2 Å². The Kier molecular flexibility index (Phi) is 8.16. The summed E-state index contributed by atoms with van der Waals surface area (Å²) < 4.78 is 0.948. The number of guanidine groups is 1. The van der Waals surface area contributed by atoms with Gasteiger partial charge in [0.05, 0.1) is 6.54 Å². The molecule has 1 aliphatic rings. The highest BCUT2D eigenvalue weighted by molar-refractivity contribution is 14.0. The molecule has 1 aromatic carbocycles. The Bertz CT molecular complexity index is 544. The number of amides is 1. The first kappa shape index (κ1) is 19.2. The second-order valence-electron chi connectivity index (χ2n) is 5.10. The normalized spacial score (nSPS) is 14.5. The predicted molar refractivity (Wildman–Crippen MR) is 105 cm³/mol. The van der Waals surface area contributed by atoms with Gasteiger partial charge in [0.2, 0.25) is 5.91 Å². The molecule has 0 radical (unpaired) electrons. The Labute approximate surface area is 157 Å². The zero-order chi connectivity index (χ0) is 15.2. The number of halogens is 2. The summed E-state index contributed by atoms with van der Waals surface area (Å²) in [7, 11) is 1.75. The van der Waals surface area contributed by atoms with E-state index in [-0.39, 0.29) is 36.4 Å². The van der Waals surface area contributed by atoms with Crippen molar-refractivity contribution in [2.45, 2.75) is 19.8 Å². The number of nitrogens with one attached hydrogen (secondary N) is 2. The van der Waals surface area contributed by atoms with Gasteiger partial charge in [-0.15, -0.1) is 24.0 Å². The summed E-state index contributed by atoms with van der Waals surface area (Å²) in [5.41, 5.74) is 1.86. The number of rotatable bonds is 3. The number of anilines is 1. The predicted octanol–water partition coefficient (Wildman–Crippen LogP) is 2.99. The number of carbonyl (C=O) groups excluding carboxylic acids is 1. The summed E-state index contributed by atoms with van der Waals surface area (Å²) in [5, 5.41) is 6.03. The molecule has 7 heteroatoms. The van der Waals surface area contributed by atoms with E-state index in [9.17, 15) is 4.79 Å². The Hall–Kier alpha value is -0.830. The number of benzene rings is 1. The molecule has 0 unspecified atom stereocenters. The molecule has 2 rings (SSSR count). The fraction of sp³-hybridized carbons (Fsp3) is 0.467. The van der Waals surface area contributed by atoms with Gasteiger partial charge in [-0.2, -0.15) is 0 Å². The topological polar surface area (TPSA) is 56.7 Å². The van der Waals surface area contributed by atoms with Crippen molar-refractivity contribution in [1.82, 2.24) is 10.2 Å². The lowest BCUT2D eigenvalue weighted by Gasteiger charge is -2.20. The molecule has 0 saturated carbocycles.